The first-order valence-corrected chi connectivity index (χ1v) is 8.75. The van der Waals surface area contributed by atoms with Gasteiger partial charge in [-0.3, -0.25) is 4.79 Å². The van der Waals surface area contributed by atoms with Crippen LogP contribution in [0.1, 0.15) is 11.1 Å². The Morgan fingerprint density at radius 1 is 1.15 bits per heavy atom. The van der Waals surface area contributed by atoms with Crippen LogP contribution in [0.25, 0.3) is 0 Å². The highest BCUT2D eigenvalue weighted by atomic mass is 79.9. The lowest BCUT2D eigenvalue weighted by molar-refractivity contribution is -0.142. The van der Waals surface area contributed by atoms with Crippen molar-refractivity contribution in [1.29, 1.82) is 0 Å². The molecule has 0 saturated heterocycles. The van der Waals surface area contributed by atoms with Gasteiger partial charge in [0, 0.05) is 0 Å². The number of nitrogens with zero attached hydrogens (tertiary/aromatic N) is 1. The van der Waals surface area contributed by atoms with Crippen molar-refractivity contribution in [3.63, 3.8) is 0 Å². The summed E-state index contributed by atoms with van der Waals surface area (Å²) in [6.45, 7) is -0.177. The first-order chi connectivity index (χ1) is 13.0. The van der Waals surface area contributed by atoms with Crippen molar-refractivity contribution in [2.75, 3.05) is 20.8 Å². The first-order valence-electron chi connectivity index (χ1n) is 7.96. The first kappa shape index (κ1) is 20.4. The summed E-state index contributed by atoms with van der Waals surface area (Å²) in [5, 5.41) is 3.94. The SMILES string of the molecule is COC(=O)COc1ccc(/C=N\NC(=O)Cc2ccc(OC)cc2)cc1Br. The van der Waals surface area contributed by atoms with Crippen LogP contribution in [0.2, 0.25) is 0 Å². The number of rotatable bonds is 8. The topological polar surface area (TPSA) is 86.2 Å². The van der Waals surface area contributed by atoms with E-state index in [4.69, 9.17) is 9.47 Å². The maximum atomic E-state index is 11.9. The third-order valence-electron chi connectivity index (χ3n) is 3.46. The number of nitrogens with one attached hydrogen (secondary N) is 1. The van der Waals surface area contributed by atoms with Crippen LogP contribution in [-0.2, 0) is 20.7 Å². The average molecular weight is 435 g/mol. The van der Waals surface area contributed by atoms with Gasteiger partial charge in [-0.15, -0.1) is 0 Å². The van der Waals surface area contributed by atoms with Gasteiger partial charge in [0.05, 0.1) is 31.3 Å². The summed E-state index contributed by atoms with van der Waals surface area (Å²) in [5.74, 6) is 0.545. The van der Waals surface area contributed by atoms with Gasteiger partial charge in [-0.05, 0) is 57.4 Å². The molecule has 27 heavy (non-hydrogen) atoms. The van der Waals surface area contributed by atoms with E-state index < -0.39 is 5.97 Å². The summed E-state index contributed by atoms with van der Waals surface area (Å²) < 4.78 is 15.6. The summed E-state index contributed by atoms with van der Waals surface area (Å²) in [5.41, 5.74) is 4.09. The van der Waals surface area contributed by atoms with Crippen molar-refractivity contribution in [3.8, 4) is 11.5 Å². The van der Waals surface area contributed by atoms with E-state index in [0.717, 1.165) is 16.9 Å². The molecule has 0 radical (unpaired) electrons. The molecule has 1 amide bonds. The van der Waals surface area contributed by atoms with Gasteiger partial charge < -0.3 is 14.2 Å². The van der Waals surface area contributed by atoms with Crippen molar-refractivity contribution in [2.24, 2.45) is 5.10 Å². The molecule has 0 saturated carbocycles. The van der Waals surface area contributed by atoms with E-state index >= 15 is 0 Å². The number of esters is 1. The zero-order chi connectivity index (χ0) is 19.6. The Bertz CT molecular complexity index is 821. The number of amides is 1. The molecule has 1 N–H and O–H groups in total. The highest BCUT2D eigenvalue weighted by Crippen LogP contribution is 2.25. The van der Waals surface area contributed by atoms with Gasteiger partial charge in [0.15, 0.2) is 6.61 Å². The molecule has 0 bridgehead atoms. The van der Waals surface area contributed by atoms with Crippen molar-refractivity contribution in [2.45, 2.75) is 6.42 Å². The van der Waals surface area contributed by atoms with Crippen LogP contribution < -0.4 is 14.9 Å². The maximum absolute atomic E-state index is 11.9. The summed E-state index contributed by atoms with van der Waals surface area (Å²) in [6.07, 6.45) is 1.73. The van der Waals surface area contributed by atoms with E-state index in [0.29, 0.717) is 10.2 Å². The molecule has 0 aliphatic heterocycles. The van der Waals surface area contributed by atoms with Gasteiger partial charge in [-0.2, -0.15) is 5.10 Å². The molecule has 2 aromatic carbocycles. The van der Waals surface area contributed by atoms with Crippen molar-refractivity contribution in [1.82, 2.24) is 5.43 Å². The lowest BCUT2D eigenvalue weighted by Gasteiger charge is -2.07. The van der Waals surface area contributed by atoms with Crippen LogP contribution in [0.4, 0.5) is 0 Å². The highest BCUT2D eigenvalue weighted by Gasteiger charge is 2.06. The van der Waals surface area contributed by atoms with E-state index in [2.05, 4.69) is 31.2 Å². The largest absolute Gasteiger partial charge is 0.497 e. The Hall–Kier alpha value is -2.87. The van der Waals surface area contributed by atoms with Crippen LogP contribution in [0.3, 0.4) is 0 Å². The zero-order valence-electron chi connectivity index (χ0n) is 14.9. The highest BCUT2D eigenvalue weighted by molar-refractivity contribution is 9.10. The molecule has 0 aliphatic carbocycles. The predicted molar refractivity (Wildman–Crippen MR) is 104 cm³/mol. The fourth-order valence-corrected chi connectivity index (χ4v) is 2.57. The number of hydrogen-bond donors (Lipinski definition) is 1. The molecule has 8 heteroatoms. The molecule has 2 aromatic rings. The van der Waals surface area contributed by atoms with Crippen molar-refractivity contribution in [3.05, 3.63) is 58.1 Å². The molecule has 0 atom stereocenters. The van der Waals surface area contributed by atoms with Crippen LogP contribution in [-0.4, -0.2) is 38.9 Å². The predicted octanol–water partition coefficient (Wildman–Crippen LogP) is 2.70. The minimum absolute atomic E-state index is 0.177. The number of benzene rings is 2. The average Bonchev–Trinajstić information content (AvgIpc) is 2.67. The standard InChI is InChI=1S/C19H19BrN2O5/c1-25-15-6-3-13(4-7-15)10-18(23)22-21-11-14-5-8-17(16(20)9-14)27-12-19(24)26-2/h3-9,11H,10,12H2,1-2H3,(H,22,23)/b21-11-. The summed E-state index contributed by atoms with van der Waals surface area (Å²) in [6, 6.07) is 12.4. The van der Waals surface area contributed by atoms with E-state index in [-0.39, 0.29) is 18.9 Å². The number of methoxy groups -OCH3 is 2. The lowest BCUT2D eigenvalue weighted by Crippen LogP contribution is -2.19. The molecule has 2 rings (SSSR count). The zero-order valence-corrected chi connectivity index (χ0v) is 16.5. The number of ether oxygens (including phenoxy) is 3. The second-order valence-electron chi connectivity index (χ2n) is 5.37. The van der Waals surface area contributed by atoms with Gasteiger partial charge in [-0.25, -0.2) is 10.2 Å². The summed E-state index contributed by atoms with van der Waals surface area (Å²) in [4.78, 5) is 23.0. The van der Waals surface area contributed by atoms with Crippen molar-refractivity contribution < 1.29 is 23.8 Å². The van der Waals surface area contributed by atoms with E-state index in [1.165, 1.54) is 13.3 Å². The molecule has 0 unspecified atom stereocenters. The summed E-state index contributed by atoms with van der Waals surface area (Å²) >= 11 is 3.36. The normalized spacial score (nSPS) is 10.5. The fourth-order valence-electron chi connectivity index (χ4n) is 2.06. The number of carbonyl (C=O) groups excluding carboxylic acids is 2. The van der Waals surface area contributed by atoms with E-state index in [1.807, 2.05) is 12.1 Å². The lowest BCUT2D eigenvalue weighted by atomic mass is 10.1. The third-order valence-corrected chi connectivity index (χ3v) is 4.08. The smallest absolute Gasteiger partial charge is 0.343 e. The summed E-state index contributed by atoms with van der Waals surface area (Å²) in [7, 11) is 2.88. The van der Waals surface area contributed by atoms with Gasteiger partial charge in [-0.1, -0.05) is 12.1 Å². The molecule has 7 nitrogen and oxygen atoms in total. The van der Waals surface area contributed by atoms with Gasteiger partial charge in [0.1, 0.15) is 11.5 Å². The maximum Gasteiger partial charge on any atom is 0.343 e. The Kier molecular flexibility index (Phi) is 7.81. The number of hydrazone groups is 1. The number of hydrogen-bond acceptors (Lipinski definition) is 6. The van der Waals surface area contributed by atoms with Crippen molar-refractivity contribution >= 4 is 34.0 Å². The molecular weight excluding hydrogens is 416 g/mol. The molecule has 142 valence electrons. The Labute approximate surface area is 165 Å². The van der Waals surface area contributed by atoms with Gasteiger partial charge in [0.2, 0.25) is 5.91 Å². The number of carbonyl (C=O) groups is 2. The molecule has 0 aliphatic rings. The van der Waals surface area contributed by atoms with E-state index in [9.17, 15) is 9.59 Å². The minimum Gasteiger partial charge on any atom is -0.497 e. The quantitative estimate of drug-likeness (QED) is 0.392. The van der Waals surface area contributed by atoms with Crippen LogP contribution >= 0.6 is 15.9 Å². The molecule has 0 fully saturated rings. The second kappa shape index (κ2) is 10.3. The fraction of sp³-hybridized carbons (Fsp3) is 0.211. The molecular formula is C19H19BrN2O5. The number of halogens is 1. The Morgan fingerprint density at radius 3 is 2.52 bits per heavy atom. The third kappa shape index (κ3) is 6.74. The van der Waals surface area contributed by atoms with Gasteiger partial charge >= 0.3 is 5.97 Å². The van der Waals surface area contributed by atoms with Crippen LogP contribution in [0.5, 0.6) is 11.5 Å². The minimum atomic E-state index is -0.466. The second-order valence-corrected chi connectivity index (χ2v) is 6.23. The Balaban J connectivity index is 1.86. The monoisotopic (exact) mass is 434 g/mol. The van der Waals surface area contributed by atoms with Crippen LogP contribution in [0.15, 0.2) is 52.0 Å². The molecule has 0 heterocycles. The van der Waals surface area contributed by atoms with E-state index in [1.54, 1.807) is 37.4 Å². The molecule has 0 aromatic heterocycles. The Morgan fingerprint density at radius 2 is 1.89 bits per heavy atom. The molecule has 0 spiro atoms. The van der Waals surface area contributed by atoms with Gasteiger partial charge in [0.25, 0.3) is 0 Å². The van der Waals surface area contributed by atoms with Crippen LogP contribution in [0, 0.1) is 0 Å².